The largest absolute Gasteiger partial charge is 0.434 e. The highest BCUT2D eigenvalue weighted by atomic mass is 16.6. The highest BCUT2D eigenvalue weighted by Crippen LogP contribution is 2.59. The first kappa shape index (κ1) is 63.0. The fourth-order valence-electron chi connectivity index (χ4n) is 15.5. The molecular weight excluding hydrogens is 1250 g/mol. The second-order valence-electron chi connectivity index (χ2n) is 27.4. The molecule has 4 aromatic heterocycles. The maximum absolute atomic E-state index is 7.48. The summed E-state index contributed by atoms with van der Waals surface area (Å²) in [5.41, 5.74) is 12.8. The van der Waals surface area contributed by atoms with Gasteiger partial charge in [0, 0.05) is 92.4 Å². The van der Waals surface area contributed by atoms with Crippen LogP contribution in [0.25, 0.3) is 44.1 Å². The van der Waals surface area contributed by atoms with Crippen LogP contribution in [0, 0.1) is 0 Å². The van der Waals surface area contributed by atoms with Gasteiger partial charge in [-0.05, 0) is 98.5 Å². The summed E-state index contributed by atoms with van der Waals surface area (Å²) in [6.07, 6.45) is 19.2. The van der Waals surface area contributed by atoms with Gasteiger partial charge in [-0.3, -0.25) is 0 Å². The number of aromatic nitrogens is 8. The Bertz CT molecular complexity index is 4230. The van der Waals surface area contributed by atoms with Crippen molar-refractivity contribution in [2.75, 3.05) is 0 Å². The summed E-state index contributed by atoms with van der Waals surface area (Å²) in [7, 11) is 0. The highest BCUT2D eigenvalue weighted by molar-refractivity contribution is 5.80. The Balaban J connectivity index is 1.05. The minimum Gasteiger partial charge on any atom is -0.434 e. The zero-order valence-corrected chi connectivity index (χ0v) is 57.2. The van der Waals surface area contributed by atoms with Gasteiger partial charge < -0.3 is 37.9 Å². The SMILES string of the molecule is CCCCCCC1c2cc3c4cc2Oc2nc5ccccc5nc2Oc2cc5c(cc21)C(CCCCCC)c1cc2c(cc1Oc1nc6ccccc6nc1O5)Oc1nc5ccccc5nc1Oc1cc(c(cc1C2CCCCCC)C3CCCCCC)Oc1nc2ccccc2nc1O4. The van der Waals surface area contributed by atoms with E-state index in [4.69, 9.17) is 77.8 Å². The van der Waals surface area contributed by atoms with Gasteiger partial charge >= 0.3 is 0 Å². The van der Waals surface area contributed by atoms with Gasteiger partial charge in [-0.15, -0.1) is 0 Å². The summed E-state index contributed by atoms with van der Waals surface area (Å²) in [4.78, 5) is 42.2. The lowest BCUT2D eigenvalue weighted by atomic mass is 9.76. The van der Waals surface area contributed by atoms with Crippen LogP contribution in [0.5, 0.6) is 93.0 Å². The van der Waals surface area contributed by atoms with Gasteiger partial charge in [0.2, 0.25) is 0 Å². The average molecular weight is 1330 g/mol. The van der Waals surface area contributed by atoms with Gasteiger partial charge in [-0.1, -0.05) is 179 Å². The number of hydrogen-bond donors (Lipinski definition) is 0. The number of nitrogens with zero attached hydrogens (tertiary/aromatic N) is 8. The van der Waals surface area contributed by atoms with E-state index >= 15 is 0 Å². The first-order valence-corrected chi connectivity index (χ1v) is 36.5. The zero-order chi connectivity index (χ0) is 67.2. The van der Waals surface area contributed by atoms with Gasteiger partial charge in [0.25, 0.3) is 47.0 Å². The molecule has 0 amide bonds. The molecule has 16 heteroatoms. The number of para-hydroxylation sites is 8. The van der Waals surface area contributed by atoms with Crippen LogP contribution in [-0.4, -0.2) is 39.9 Å². The summed E-state index contributed by atoms with van der Waals surface area (Å²) >= 11 is 0. The lowest BCUT2D eigenvalue weighted by molar-refractivity contribution is 0.377. The number of unbranched alkanes of at least 4 members (excludes halogenated alkanes) is 12. The molecular formula is C84H80N8O8. The third-order valence-electron chi connectivity index (χ3n) is 20.6. The van der Waals surface area contributed by atoms with Crippen LogP contribution < -0.4 is 37.9 Å². The standard InChI is InChI=1S/C84H80N8O8/c1-5-9-13-17-29-49-53-41-55-50(30-18-14-10-6-2)57-43-59-52(32-20-16-12-8-4)60-44-58-51(31-19-15-11-7-3)56-42-54(49)70-46-72(56)96-80-82(90-66-38-26-24-36-64(66)88-80)98-74(58)48-76(60)100-84-83(91-67-39-27-28-40-68(67)92-84)99-75(59)47-73(57)97-81-79(87-63-35-23-25-37-65(63)89-81)95-71(55)45-69(53)93-77-78(94-70)86-62-34-22-21-33-61(62)85-77/h21-28,33-52H,5-20,29-32H2,1-4H3. The van der Waals surface area contributed by atoms with Gasteiger partial charge in [0.05, 0.1) is 44.1 Å². The van der Waals surface area contributed by atoms with Crippen LogP contribution in [0.2, 0.25) is 0 Å². The molecule has 504 valence electrons. The van der Waals surface area contributed by atoms with Crippen LogP contribution in [0.1, 0.15) is 224 Å². The molecule has 0 atom stereocenters. The third kappa shape index (κ3) is 12.0. The van der Waals surface area contributed by atoms with E-state index in [-0.39, 0.29) is 70.7 Å². The molecule has 0 unspecified atom stereocenters. The van der Waals surface area contributed by atoms with Gasteiger partial charge in [-0.2, -0.15) is 0 Å². The lowest BCUT2D eigenvalue weighted by Gasteiger charge is -2.30. The predicted molar refractivity (Wildman–Crippen MR) is 387 cm³/mol. The first-order chi connectivity index (χ1) is 49.3. The van der Waals surface area contributed by atoms with E-state index in [1.54, 1.807) is 0 Å². The van der Waals surface area contributed by atoms with Crippen LogP contribution in [-0.2, 0) is 0 Å². The Morgan fingerprint density at radius 2 is 0.370 bits per heavy atom. The number of fused-ring (bicyclic) bond motifs is 8. The first-order valence-electron chi connectivity index (χ1n) is 36.5. The molecule has 4 aliphatic heterocycles. The van der Waals surface area contributed by atoms with Crippen molar-refractivity contribution in [2.45, 2.75) is 180 Å². The summed E-state index contributed by atoms with van der Waals surface area (Å²) in [6.45, 7) is 9.05. The summed E-state index contributed by atoms with van der Waals surface area (Å²) < 4.78 is 59.8. The fourth-order valence-corrected chi connectivity index (χ4v) is 15.5. The lowest BCUT2D eigenvalue weighted by Crippen LogP contribution is -2.13. The van der Waals surface area contributed by atoms with Gasteiger partial charge in [0.15, 0.2) is 0 Å². The van der Waals surface area contributed by atoms with Crippen molar-refractivity contribution in [3.8, 4) is 93.0 Å². The smallest absolute Gasteiger partial charge is 0.284 e. The molecule has 0 saturated heterocycles. The molecule has 0 fully saturated rings. The highest BCUT2D eigenvalue weighted by Gasteiger charge is 2.40. The predicted octanol–water partition coefficient (Wildman–Crippen LogP) is 23.8. The van der Waals surface area contributed by atoms with Crippen LogP contribution >= 0.6 is 0 Å². The summed E-state index contributed by atoms with van der Waals surface area (Å²) in [6, 6.07) is 49.0. The number of rotatable bonds is 20. The van der Waals surface area contributed by atoms with Crippen molar-refractivity contribution < 1.29 is 37.9 Å². The van der Waals surface area contributed by atoms with Crippen molar-refractivity contribution in [1.82, 2.24) is 39.9 Å². The molecule has 0 saturated carbocycles. The van der Waals surface area contributed by atoms with Crippen molar-refractivity contribution in [1.29, 1.82) is 0 Å². The minimum absolute atomic E-state index is 0.194. The van der Waals surface area contributed by atoms with E-state index in [1.807, 2.05) is 97.1 Å². The van der Waals surface area contributed by atoms with E-state index in [2.05, 4.69) is 76.2 Å². The molecule has 0 radical (unpaired) electrons. The molecule has 12 aromatic rings. The fraction of sp³-hybridized carbons (Fsp3) is 0.333. The molecule has 100 heavy (non-hydrogen) atoms. The van der Waals surface area contributed by atoms with E-state index in [1.165, 1.54) is 0 Å². The Kier molecular flexibility index (Phi) is 17.2. The van der Waals surface area contributed by atoms with E-state index in [9.17, 15) is 0 Å². The van der Waals surface area contributed by atoms with Gasteiger partial charge in [-0.25, -0.2) is 39.9 Å². The summed E-state index contributed by atoms with van der Waals surface area (Å²) in [5, 5.41) is 0. The monoisotopic (exact) mass is 1330 g/mol. The molecule has 0 N–H and O–H groups in total. The molecule has 0 spiro atoms. The van der Waals surface area contributed by atoms with Crippen molar-refractivity contribution in [2.24, 2.45) is 0 Å². The topological polar surface area (TPSA) is 177 Å². The molecule has 8 aromatic carbocycles. The van der Waals surface area contributed by atoms with Crippen LogP contribution in [0.4, 0.5) is 0 Å². The third-order valence-corrected chi connectivity index (χ3v) is 20.6. The quantitative estimate of drug-likeness (QED) is 0.0658. The molecule has 16 nitrogen and oxygen atoms in total. The maximum Gasteiger partial charge on any atom is 0.284 e. The Morgan fingerprint density at radius 3 is 0.520 bits per heavy atom. The molecule has 1 aliphatic carbocycles. The zero-order valence-electron chi connectivity index (χ0n) is 57.2. The Labute approximate surface area is 581 Å². The average Bonchev–Trinajstić information content (AvgIpc) is 1.23. The van der Waals surface area contributed by atoms with Crippen LogP contribution in [0.3, 0.4) is 0 Å². The molecule has 8 bridgehead atoms. The Hall–Kier alpha value is -10.5. The number of ether oxygens (including phenoxy) is 8. The molecule has 5 aliphatic rings. The maximum atomic E-state index is 7.48. The normalized spacial score (nSPS) is 16.4. The molecule has 17 rings (SSSR count). The number of benzene rings is 8. The van der Waals surface area contributed by atoms with Crippen molar-refractivity contribution in [3.05, 3.63) is 190 Å². The Morgan fingerprint density at radius 1 is 0.210 bits per heavy atom. The second kappa shape index (κ2) is 27.3. The van der Waals surface area contributed by atoms with E-state index in [0.29, 0.717) is 90.1 Å². The van der Waals surface area contributed by atoms with Crippen molar-refractivity contribution in [3.63, 3.8) is 0 Å². The summed E-state index contributed by atoms with van der Waals surface area (Å²) in [5.74, 6) is 4.56. The molecule has 8 heterocycles. The van der Waals surface area contributed by atoms with E-state index in [0.717, 1.165) is 173 Å². The minimum atomic E-state index is -0.345. The van der Waals surface area contributed by atoms with Crippen LogP contribution in [0.15, 0.2) is 146 Å². The number of hydrogen-bond acceptors (Lipinski definition) is 16. The van der Waals surface area contributed by atoms with Gasteiger partial charge in [0.1, 0.15) is 46.0 Å². The second-order valence-corrected chi connectivity index (χ2v) is 27.4. The van der Waals surface area contributed by atoms with E-state index < -0.39 is 0 Å². The van der Waals surface area contributed by atoms with Crippen molar-refractivity contribution >= 4 is 44.1 Å².